The summed E-state index contributed by atoms with van der Waals surface area (Å²) in [6.07, 6.45) is 0. The second kappa shape index (κ2) is 10.7. The highest BCUT2D eigenvalue weighted by atomic mass is 16.4. The maximum absolute atomic E-state index is 13.7. The number of benzene rings is 2. The second-order valence-corrected chi connectivity index (χ2v) is 8.11. The van der Waals surface area contributed by atoms with Crippen LogP contribution in [0.4, 0.5) is 11.4 Å². The molecule has 0 fully saturated rings. The Labute approximate surface area is 193 Å². The number of para-hydroxylation sites is 2. The summed E-state index contributed by atoms with van der Waals surface area (Å²) < 4.78 is 0. The Kier molecular flexibility index (Phi) is 8.31. The fourth-order valence-electron chi connectivity index (χ4n) is 3.73. The molecule has 176 valence electrons. The van der Waals surface area contributed by atoms with Crippen molar-refractivity contribution in [2.75, 3.05) is 37.5 Å². The van der Waals surface area contributed by atoms with E-state index in [1.54, 1.807) is 76.3 Å². The van der Waals surface area contributed by atoms with Crippen LogP contribution in [-0.2, 0) is 9.59 Å². The fraction of sp³-hybridized carbons (Fsp3) is 0.333. The van der Waals surface area contributed by atoms with Crippen molar-refractivity contribution in [2.45, 2.75) is 19.9 Å². The van der Waals surface area contributed by atoms with Crippen molar-refractivity contribution in [1.82, 2.24) is 4.90 Å². The molecular formula is C24H30N4O5. The quantitative estimate of drug-likeness (QED) is 0.621. The van der Waals surface area contributed by atoms with Gasteiger partial charge in [0.1, 0.15) is 6.04 Å². The minimum absolute atomic E-state index is 0.000527. The molecule has 0 aliphatic rings. The first kappa shape index (κ1) is 25.5. The van der Waals surface area contributed by atoms with Crippen molar-refractivity contribution in [2.24, 2.45) is 11.7 Å². The van der Waals surface area contributed by atoms with Gasteiger partial charge in [0.05, 0.1) is 23.4 Å². The molecule has 0 spiro atoms. The van der Waals surface area contributed by atoms with E-state index in [0.717, 1.165) is 0 Å². The van der Waals surface area contributed by atoms with Gasteiger partial charge in [-0.1, -0.05) is 38.1 Å². The zero-order valence-electron chi connectivity index (χ0n) is 19.5. The molecule has 3 amide bonds. The molecule has 9 heteroatoms. The van der Waals surface area contributed by atoms with E-state index in [2.05, 4.69) is 0 Å². The number of carbonyl (C=O) groups excluding carboxylic acids is 3. The van der Waals surface area contributed by atoms with E-state index in [1.807, 2.05) is 0 Å². The van der Waals surface area contributed by atoms with Crippen LogP contribution in [0.1, 0.15) is 34.6 Å². The van der Waals surface area contributed by atoms with Crippen LogP contribution in [0.2, 0.25) is 0 Å². The molecule has 0 bridgehead atoms. The number of aromatic carboxylic acids is 1. The van der Waals surface area contributed by atoms with Crippen LogP contribution in [0, 0.1) is 5.92 Å². The highest BCUT2D eigenvalue weighted by Crippen LogP contribution is 2.27. The summed E-state index contributed by atoms with van der Waals surface area (Å²) in [7, 11) is 5.06. The number of imide groups is 3. The molecule has 0 aromatic heterocycles. The molecule has 2 aromatic rings. The van der Waals surface area contributed by atoms with Gasteiger partial charge in [0.15, 0.2) is 0 Å². The minimum atomic E-state index is -1.15. The number of nitrogens with zero attached hydrogens (tertiary/aromatic N) is 3. The number of amides is 3. The highest BCUT2D eigenvalue weighted by Gasteiger charge is 2.39. The van der Waals surface area contributed by atoms with Gasteiger partial charge < -0.3 is 20.6 Å². The Bertz CT molecular complexity index is 1050. The largest absolute Gasteiger partial charge is 0.478 e. The first-order valence-electron chi connectivity index (χ1n) is 10.5. The van der Waals surface area contributed by atoms with Gasteiger partial charge in [0, 0.05) is 26.8 Å². The SMILES string of the molecule is CC(C)[C@@H](C(=O)N(C(=O)CN)C(=O)c1ccccc1N(C)C)N(C)c1ccccc1C(=O)O. The van der Waals surface area contributed by atoms with E-state index in [9.17, 15) is 24.3 Å². The average molecular weight is 455 g/mol. The van der Waals surface area contributed by atoms with Crippen molar-refractivity contribution < 1.29 is 24.3 Å². The first-order valence-corrected chi connectivity index (χ1v) is 10.5. The van der Waals surface area contributed by atoms with E-state index < -0.39 is 36.3 Å². The number of carbonyl (C=O) groups is 4. The molecule has 0 aliphatic heterocycles. The lowest BCUT2D eigenvalue weighted by atomic mass is 9.98. The van der Waals surface area contributed by atoms with Gasteiger partial charge in [-0.05, 0) is 30.2 Å². The molecule has 2 aromatic carbocycles. The lowest BCUT2D eigenvalue weighted by Gasteiger charge is -2.35. The predicted octanol–water partition coefficient (Wildman–Crippen LogP) is 2.07. The number of carboxylic acid groups (broad SMARTS) is 1. The molecule has 3 N–H and O–H groups in total. The normalized spacial score (nSPS) is 11.6. The van der Waals surface area contributed by atoms with Crippen molar-refractivity contribution in [3.8, 4) is 0 Å². The maximum atomic E-state index is 13.7. The van der Waals surface area contributed by atoms with E-state index in [1.165, 1.54) is 17.0 Å². The Morgan fingerprint density at radius 3 is 1.88 bits per heavy atom. The van der Waals surface area contributed by atoms with Crippen LogP contribution in [0.25, 0.3) is 0 Å². The molecule has 0 unspecified atom stereocenters. The number of likely N-dealkylation sites (N-methyl/N-ethyl adjacent to an activating group) is 1. The Morgan fingerprint density at radius 1 is 0.879 bits per heavy atom. The summed E-state index contributed by atoms with van der Waals surface area (Å²) in [5.41, 5.74) is 6.56. The van der Waals surface area contributed by atoms with Crippen LogP contribution in [0.3, 0.4) is 0 Å². The molecule has 33 heavy (non-hydrogen) atoms. The van der Waals surface area contributed by atoms with Crippen molar-refractivity contribution in [3.63, 3.8) is 0 Å². The second-order valence-electron chi connectivity index (χ2n) is 8.11. The zero-order chi connectivity index (χ0) is 24.9. The summed E-state index contributed by atoms with van der Waals surface area (Å²) >= 11 is 0. The van der Waals surface area contributed by atoms with E-state index in [4.69, 9.17) is 5.73 Å². The fourth-order valence-corrected chi connectivity index (χ4v) is 3.73. The monoisotopic (exact) mass is 454 g/mol. The summed E-state index contributed by atoms with van der Waals surface area (Å²) in [5.74, 6) is -3.93. The third kappa shape index (κ3) is 5.38. The summed E-state index contributed by atoms with van der Waals surface area (Å²) in [4.78, 5) is 55.4. The summed E-state index contributed by atoms with van der Waals surface area (Å²) in [5, 5.41) is 9.58. The summed E-state index contributed by atoms with van der Waals surface area (Å²) in [6.45, 7) is 2.97. The van der Waals surface area contributed by atoms with Gasteiger partial charge >= 0.3 is 5.97 Å². The van der Waals surface area contributed by atoms with Crippen LogP contribution >= 0.6 is 0 Å². The Balaban J connectivity index is 2.58. The first-order chi connectivity index (χ1) is 15.5. The van der Waals surface area contributed by atoms with Crippen LogP contribution in [0.5, 0.6) is 0 Å². The van der Waals surface area contributed by atoms with Gasteiger partial charge in [-0.15, -0.1) is 0 Å². The maximum Gasteiger partial charge on any atom is 0.337 e. The molecule has 2 rings (SSSR count). The zero-order valence-corrected chi connectivity index (χ0v) is 19.5. The van der Waals surface area contributed by atoms with Crippen molar-refractivity contribution in [1.29, 1.82) is 0 Å². The van der Waals surface area contributed by atoms with Gasteiger partial charge in [0.2, 0.25) is 5.91 Å². The Morgan fingerprint density at radius 2 is 1.39 bits per heavy atom. The van der Waals surface area contributed by atoms with Gasteiger partial charge in [-0.25, -0.2) is 9.69 Å². The number of nitrogens with two attached hydrogens (primary N) is 1. The third-order valence-corrected chi connectivity index (χ3v) is 5.28. The number of rotatable bonds is 8. The van der Waals surface area contributed by atoms with Crippen LogP contribution in [0.15, 0.2) is 48.5 Å². The van der Waals surface area contributed by atoms with Crippen molar-refractivity contribution in [3.05, 3.63) is 59.7 Å². The van der Waals surface area contributed by atoms with Crippen LogP contribution < -0.4 is 15.5 Å². The number of hydrogen-bond donors (Lipinski definition) is 2. The molecule has 0 aliphatic carbocycles. The van der Waals surface area contributed by atoms with Gasteiger partial charge in [-0.3, -0.25) is 14.4 Å². The Hall–Kier alpha value is -3.72. The van der Waals surface area contributed by atoms with E-state index >= 15 is 0 Å². The molecule has 1 atom stereocenters. The lowest BCUT2D eigenvalue weighted by molar-refractivity contribution is -0.141. The number of carboxylic acids is 1. The number of hydrogen-bond acceptors (Lipinski definition) is 7. The molecule has 0 saturated carbocycles. The molecular weight excluding hydrogens is 424 g/mol. The minimum Gasteiger partial charge on any atom is -0.478 e. The standard InChI is InChI=1S/C24H30N4O5/c1-15(2)21(27(5)19-13-9-7-11-17(19)24(32)33)23(31)28(20(29)14-25)22(30)16-10-6-8-12-18(16)26(3)4/h6-13,15,21H,14,25H2,1-5H3,(H,32,33)/t21-/m0/s1. The van der Waals surface area contributed by atoms with E-state index in [0.29, 0.717) is 16.3 Å². The molecule has 0 radical (unpaired) electrons. The molecule has 0 heterocycles. The third-order valence-electron chi connectivity index (χ3n) is 5.28. The lowest BCUT2D eigenvalue weighted by Crippen LogP contribution is -2.55. The number of anilines is 2. The molecule has 0 saturated heterocycles. The molecule has 9 nitrogen and oxygen atoms in total. The predicted molar refractivity (Wildman–Crippen MR) is 126 cm³/mol. The summed E-state index contributed by atoms with van der Waals surface area (Å²) in [6, 6.07) is 11.9. The van der Waals surface area contributed by atoms with Gasteiger partial charge in [0.25, 0.3) is 11.8 Å². The van der Waals surface area contributed by atoms with Crippen LogP contribution in [-0.4, -0.2) is 67.4 Å². The van der Waals surface area contributed by atoms with Gasteiger partial charge in [-0.2, -0.15) is 0 Å². The topological polar surface area (TPSA) is 124 Å². The van der Waals surface area contributed by atoms with Crippen molar-refractivity contribution >= 4 is 35.1 Å². The highest BCUT2D eigenvalue weighted by molar-refractivity contribution is 6.20. The smallest absolute Gasteiger partial charge is 0.337 e. The van der Waals surface area contributed by atoms with E-state index in [-0.39, 0.29) is 17.0 Å². The average Bonchev–Trinajstić information content (AvgIpc) is 2.78.